The van der Waals surface area contributed by atoms with E-state index in [2.05, 4.69) is 10.1 Å². The molecule has 68 valence electrons. The molecule has 2 rings (SSSR count). The Morgan fingerprint density at radius 1 is 1.77 bits per heavy atom. The summed E-state index contributed by atoms with van der Waals surface area (Å²) in [5, 5.41) is 11.7. The van der Waals surface area contributed by atoms with Gasteiger partial charge in [0.2, 0.25) is 0 Å². The standard InChI is InChI=1S/C7H6ClN3OS/c1-4-3-11-5(2-9-12)6(8)10-7(11)13-4/h2-3,12H,1H3/b9-2+. The topological polar surface area (TPSA) is 49.9 Å². The van der Waals surface area contributed by atoms with Gasteiger partial charge in [0.1, 0.15) is 5.69 Å². The third-order valence-electron chi connectivity index (χ3n) is 1.61. The van der Waals surface area contributed by atoms with Crippen LogP contribution in [0.15, 0.2) is 11.4 Å². The zero-order chi connectivity index (χ0) is 9.42. The van der Waals surface area contributed by atoms with Crippen LogP contribution >= 0.6 is 22.9 Å². The maximum Gasteiger partial charge on any atom is 0.195 e. The zero-order valence-corrected chi connectivity index (χ0v) is 8.30. The summed E-state index contributed by atoms with van der Waals surface area (Å²) in [7, 11) is 0. The van der Waals surface area contributed by atoms with Gasteiger partial charge < -0.3 is 5.21 Å². The molecule has 0 bridgehead atoms. The lowest BCUT2D eigenvalue weighted by atomic mass is 10.5. The minimum Gasteiger partial charge on any atom is -0.411 e. The number of hydrogen-bond donors (Lipinski definition) is 1. The molecule has 0 amide bonds. The third-order valence-corrected chi connectivity index (χ3v) is 2.79. The number of halogens is 1. The Morgan fingerprint density at radius 2 is 2.54 bits per heavy atom. The van der Waals surface area contributed by atoms with Crippen LogP contribution in [0.3, 0.4) is 0 Å². The smallest absolute Gasteiger partial charge is 0.195 e. The van der Waals surface area contributed by atoms with E-state index in [9.17, 15) is 0 Å². The van der Waals surface area contributed by atoms with E-state index in [1.165, 1.54) is 17.6 Å². The first-order chi connectivity index (χ1) is 6.22. The second kappa shape index (κ2) is 3.01. The largest absolute Gasteiger partial charge is 0.411 e. The molecule has 0 aliphatic carbocycles. The highest BCUT2D eigenvalue weighted by Gasteiger charge is 2.10. The molecule has 0 radical (unpaired) electrons. The third kappa shape index (κ3) is 1.30. The minimum atomic E-state index is 0.351. The van der Waals surface area contributed by atoms with Gasteiger partial charge >= 0.3 is 0 Å². The first-order valence-corrected chi connectivity index (χ1v) is 4.73. The molecule has 0 unspecified atom stereocenters. The lowest BCUT2D eigenvalue weighted by Gasteiger charge is -1.87. The molecule has 2 aromatic heterocycles. The Morgan fingerprint density at radius 3 is 3.23 bits per heavy atom. The van der Waals surface area contributed by atoms with Crippen molar-refractivity contribution in [2.45, 2.75) is 6.92 Å². The van der Waals surface area contributed by atoms with Gasteiger partial charge in [-0.1, -0.05) is 16.8 Å². The highest BCUT2D eigenvalue weighted by molar-refractivity contribution is 7.17. The Labute approximate surface area is 83.1 Å². The van der Waals surface area contributed by atoms with Crippen LogP contribution in [0.2, 0.25) is 5.15 Å². The Hall–Kier alpha value is -1.07. The molecule has 0 saturated heterocycles. The molecule has 0 aliphatic rings. The number of imidazole rings is 1. The van der Waals surface area contributed by atoms with E-state index in [1.54, 1.807) is 4.40 Å². The van der Waals surface area contributed by atoms with Crippen molar-refractivity contribution in [3.05, 3.63) is 21.9 Å². The van der Waals surface area contributed by atoms with Crippen LogP contribution in [0.1, 0.15) is 10.6 Å². The summed E-state index contributed by atoms with van der Waals surface area (Å²) in [4.78, 5) is 6.03. The van der Waals surface area contributed by atoms with Gasteiger partial charge in [0, 0.05) is 11.1 Å². The van der Waals surface area contributed by atoms with E-state index in [1.807, 2.05) is 13.1 Å². The van der Waals surface area contributed by atoms with Gasteiger partial charge in [-0.2, -0.15) is 0 Å². The number of aryl methyl sites for hydroxylation is 1. The number of rotatable bonds is 1. The minimum absolute atomic E-state index is 0.351. The van der Waals surface area contributed by atoms with E-state index < -0.39 is 0 Å². The van der Waals surface area contributed by atoms with Gasteiger partial charge in [0.05, 0.1) is 6.21 Å². The summed E-state index contributed by atoms with van der Waals surface area (Å²) in [6.45, 7) is 1.98. The van der Waals surface area contributed by atoms with E-state index in [0.29, 0.717) is 10.8 Å². The Bertz CT molecular complexity index is 473. The fourth-order valence-corrected chi connectivity index (χ4v) is 2.22. The van der Waals surface area contributed by atoms with Crippen molar-refractivity contribution < 1.29 is 5.21 Å². The summed E-state index contributed by atoms with van der Waals surface area (Å²) in [5.74, 6) is 0. The molecular formula is C7H6ClN3OS. The highest BCUT2D eigenvalue weighted by atomic mass is 35.5. The fourth-order valence-electron chi connectivity index (χ4n) is 1.12. The number of hydrogen-bond acceptors (Lipinski definition) is 4. The maximum atomic E-state index is 8.40. The average molecular weight is 216 g/mol. The molecular weight excluding hydrogens is 210 g/mol. The highest BCUT2D eigenvalue weighted by Crippen LogP contribution is 2.22. The van der Waals surface area contributed by atoms with Crippen LogP contribution in [0.5, 0.6) is 0 Å². The predicted octanol–water partition coefficient (Wildman–Crippen LogP) is 2.17. The number of oxime groups is 1. The Kier molecular flexibility index (Phi) is 1.97. The van der Waals surface area contributed by atoms with Crippen molar-refractivity contribution in [1.29, 1.82) is 0 Å². The molecule has 6 heteroatoms. The Balaban J connectivity index is 2.75. The maximum absolute atomic E-state index is 8.40. The van der Waals surface area contributed by atoms with Gasteiger partial charge in [-0.05, 0) is 6.92 Å². The first kappa shape index (κ1) is 8.52. The molecule has 2 aromatic rings. The van der Waals surface area contributed by atoms with Gasteiger partial charge in [0.25, 0.3) is 0 Å². The van der Waals surface area contributed by atoms with Gasteiger partial charge in [-0.25, -0.2) is 4.98 Å². The van der Waals surface area contributed by atoms with E-state index in [-0.39, 0.29) is 0 Å². The quantitative estimate of drug-likeness (QED) is 0.450. The summed E-state index contributed by atoms with van der Waals surface area (Å²) in [5.41, 5.74) is 0.600. The second-order valence-corrected chi connectivity index (χ2v) is 4.10. The fraction of sp³-hybridized carbons (Fsp3) is 0.143. The summed E-state index contributed by atoms with van der Waals surface area (Å²) in [6, 6.07) is 0. The lowest BCUT2D eigenvalue weighted by molar-refractivity contribution is 0.321. The number of thiazole rings is 1. The molecule has 0 saturated carbocycles. The van der Waals surface area contributed by atoms with E-state index in [4.69, 9.17) is 16.8 Å². The summed E-state index contributed by atoms with van der Waals surface area (Å²) in [6.07, 6.45) is 3.17. The molecule has 0 fully saturated rings. The van der Waals surface area contributed by atoms with Crippen molar-refractivity contribution in [3.63, 3.8) is 0 Å². The van der Waals surface area contributed by atoms with Crippen LogP contribution in [-0.2, 0) is 0 Å². The number of nitrogens with zero attached hydrogens (tertiary/aromatic N) is 3. The van der Waals surface area contributed by atoms with E-state index in [0.717, 1.165) is 9.84 Å². The molecule has 2 heterocycles. The van der Waals surface area contributed by atoms with Crippen molar-refractivity contribution in [2.75, 3.05) is 0 Å². The van der Waals surface area contributed by atoms with E-state index >= 15 is 0 Å². The van der Waals surface area contributed by atoms with Crippen molar-refractivity contribution >= 4 is 34.1 Å². The first-order valence-electron chi connectivity index (χ1n) is 3.54. The summed E-state index contributed by atoms with van der Waals surface area (Å²) < 4.78 is 1.79. The SMILES string of the molecule is Cc1cn2c(/C=N/O)c(Cl)nc2s1. The molecule has 0 atom stereocenters. The predicted molar refractivity (Wildman–Crippen MR) is 52.2 cm³/mol. The van der Waals surface area contributed by atoms with Crippen molar-refractivity contribution in [2.24, 2.45) is 5.16 Å². The van der Waals surface area contributed by atoms with Crippen LogP contribution in [0.4, 0.5) is 0 Å². The molecule has 4 nitrogen and oxygen atoms in total. The summed E-state index contributed by atoms with van der Waals surface area (Å²) >= 11 is 7.35. The van der Waals surface area contributed by atoms with Crippen molar-refractivity contribution in [3.8, 4) is 0 Å². The van der Waals surface area contributed by atoms with Gasteiger partial charge in [0.15, 0.2) is 10.1 Å². The molecule has 0 aromatic carbocycles. The monoisotopic (exact) mass is 215 g/mol. The zero-order valence-electron chi connectivity index (χ0n) is 6.73. The normalized spacial score (nSPS) is 11.8. The molecule has 0 spiro atoms. The molecule has 13 heavy (non-hydrogen) atoms. The van der Waals surface area contributed by atoms with Crippen LogP contribution in [0, 0.1) is 6.92 Å². The van der Waals surface area contributed by atoms with Crippen molar-refractivity contribution in [1.82, 2.24) is 9.38 Å². The van der Waals surface area contributed by atoms with Crippen LogP contribution < -0.4 is 0 Å². The van der Waals surface area contributed by atoms with Crippen LogP contribution in [-0.4, -0.2) is 20.8 Å². The molecule has 0 aliphatic heterocycles. The second-order valence-electron chi connectivity index (χ2n) is 2.53. The van der Waals surface area contributed by atoms with Crippen LogP contribution in [0.25, 0.3) is 4.96 Å². The van der Waals surface area contributed by atoms with Gasteiger partial charge in [-0.3, -0.25) is 4.40 Å². The lowest BCUT2D eigenvalue weighted by Crippen LogP contribution is -1.87. The van der Waals surface area contributed by atoms with Gasteiger partial charge in [-0.15, -0.1) is 11.3 Å². The average Bonchev–Trinajstić information content (AvgIpc) is 2.52. The number of fused-ring (bicyclic) bond motifs is 1. The number of aromatic nitrogens is 2. The molecule has 1 N–H and O–H groups in total.